The number of benzene rings is 1. The van der Waals surface area contributed by atoms with Crippen molar-refractivity contribution in [3.63, 3.8) is 0 Å². The maximum absolute atomic E-state index is 5.81. The van der Waals surface area contributed by atoms with Gasteiger partial charge in [0.2, 0.25) is 0 Å². The van der Waals surface area contributed by atoms with E-state index in [1.165, 1.54) is 44.1 Å². The molecule has 0 aliphatic carbocycles. The second-order valence-electron chi connectivity index (χ2n) is 6.20. The molecule has 3 heteroatoms. The van der Waals surface area contributed by atoms with E-state index in [0.29, 0.717) is 0 Å². The summed E-state index contributed by atoms with van der Waals surface area (Å²) in [5, 5.41) is 0. The molecule has 0 aromatic heterocycles. The molecule has 0 saturated carbocycles. The van der Waals surface area contributed by atoms with E-state index in [9.17, 15) is 0 Å². The van der Waals surface area contributed by atoms with Crippen LogP contribution in [0.4, 0.5) is 5.69 Å². The van der Waals surface area contributed by atoms with Gasteiger partial charge in [-0.2, -0.15) is 0 Å². The normalized spacial score (nSPS) is 13.3. The van der Waals surface area contributed by atoms with Gasteiger partial charge in [-0.05, 0) is 31.0 Å². The molecule has 0 radical (unpaired) electrons. The van der Waals surface area contributed by atoms with Gasteiger partial charge in [-0.1, -0.05) is 57.6 Å². The van der Waals surface area contributed by atoms with E-state index < -0.39 is 5.79 Å². The number of hydrogen-bond donors (Lipinski definition) is 1. The molecule has 2 N–H and O–H groups in total. The van der Waals surface area contributed by atoms with Crippen molar-refractivity contribution < 1.29 is 9.47 Å². The third-order valence-electron chi connectivity index (χ3n) is 4.63. The van der Waals surface area contributed by atoms with Crippen LogP contribution in [0, 0.1) is 0 Å². The Hall–Kier alpha value is -1.06. The fourth-order valence-electron chi connectivity index (χ4n) is 2.96. The molecule has 0 fully saturated rings. The first-order chi connectivity index (χ1) is 10.6. The van der Waals surface area contributed by atoms with Gasteiger partial charge < -0.3 is 15.2 Å². The number of unbranched alkanes of at least 4 members (excludes halogenated alkanes) is 5. The molecule has 0 bridgehead atoms. The number of ether oxygens (including phenoxy) is 2. The zero-order valence-corrected chi connectivity index (χ0v) is 14.7. The highest BCUT2D eigenvalue weighted by atomic mass is 16.7. The summed E-state index contributed by atoms with van der Waals surface area (Å²) < 4.78 is 11.4. The Balaban J connectivity index is 2.69. The molecule has 22 heavy (non-hydrogen) atoms. The van der Waals surface area contributed by atoms with Crippen molar-refractivity contribution in [3.8, 4) is 0 Å². The Bertz CT molecular complexity index is 398. The second-order valence-corrected chi connectivity index (χ2v) is 6.20. The lowest BCUT2D eigenvalue weighted by molar-refractivity contribution is -0.210. The van der Waals surface area contributed by atoms with E-state index in [1.807, 2.05) is 19.1 Å². The zero-order chi connectivity index (χ0) is 16.4. The van der Waals surface area contributed by atoms with Crippen molar-refractivity contribution >= 4 is 5.69 Å². The summed E-state index contributed by atoms with van der Waals surface area (Å²) in [6, 6.07) is 8.09. The topological polar surface area (TPSA) is 44.5 Å². The van der Waals surface area contributed by atoms with Crippen LogP contribution in [0.2, 0.25) is 0 Å². The van der Waals surface area contributed by atoms with Gasteiger partial charge in [-0.3, -0.25) is 0 Å². The first-order valence-electron chi connectivity index (χ1n) is 8.53. The van der Waals surface area contributed by atoms with Crippen LogP contribution in [0.15, 0.2) is 24.3 Å². The molecular weight excluding hydrogens is 274 g/mol. The monoisotopic (exact) mass is 307 g/mol. The Morgan fingerprint density at radius 2 is 1.50 bits per heavy atom. The Labute approximate surface area is 136 Å². The number of hydrogen-bond acceptors (Lipinski definition) is 3. The third-order valence-corrected chi connectivity index (χ3v) is 4.63. The van der Waals surface area contributed by atoms with Crippen LogP contribution < -0.4 is 5.73 Å². The molecule has 1 aromatic rings. The second kappa shape index (κ2) is 9.86. The minimum atomic E-state index is -0.598. The van der Waals surface area contributed by atoms with Crippen LogP contribution in [0.5, 0.6) is 0 Å². The fraction of sp³-hybridized carbons (Fsp3) is 0.684. The summed E-state index contributed by atoms with van der Waals surface area (Å²) in [5.74, 6) is -0.381. The lowest BCUT2D eigenvalue weighted by Gasteiger charge is -2.35. The minimum Gasteiger partial charge on any atom is -0.399 e. The highest BCUT2D eigenvalue weighted by molar-refractivity contribution is 5.40. The number of nitrogens with two attached hydrogens (primary N) is 1. The molecule has 1 atom stereocenters. The van der Waals surface area contributed by atoms with E-state index in [1.54, 1.807) is 14.2 Å². The van der Waals surface area contributed by atoms with Gasteiger partial charge in [0, 0.05) is 25.8 Å². The van der Waals surface area contributed by atoms with E-state index >= 15 is 0 Å². The van der Waals surface area contributed by atoms with E-state index in [0.717, 1.165) is 12.1 Å². The van der Waals surface area contributed by atoms with Gasteiger partial charge in [0.25, 0.3) is 0 Å². The molecule has 0 aliphatic heterocycles. The molecule has 3 nitrogen and oxygen atoms in total. The van der Waals surface area contributed by atoms with Gasteiger partial charge in [0.1, 0.15) is 0 Å². The summed E-state index contributed by atoms with van der Waals surface area (Å²) >= 11 is 0. The average Bonchev–Trinajstić information content (AvgIpc) is 2.55. The van der Waals surface area contributed by atoms with Crippen LogP contribution in [-0.4, -0.2) is 20.0 Å². The highest BCUT2D eigenvalue weighted by Gasteiger charge is 2.35. The van der Waals surface area contributed by atoms with Crippen LogP contribution >= 0.6 is 0 Å². The lowest BCUT2D eigenvalue weighted by atomic mass is 9.86. The van der Waals surface area contributed by atoms with Crippen molar-refractivity contribution in [2.75, 3.05) is 20.0 Å². The molecule has 1 aromatic carbocycles. The largest absolute Gasteiger partial charge is 0.399 e. The molecule has 1 rings (SSSR count). The quantitative estimate of drug-likeness (QED) is 0.351. The first kappa shape index (κ1) is 19.0. The Morgan fingerprint density at radius 1 is 0.955 bits per heavy atom. The van der Waals surface area contributed by atoms with Crippen molar-refractivity contribution in [3.05, 3.63) is 29.8 Å². The summed E-state index contributed by atoms with van der Waals surface area (Å²) in [6.07, 6.45) is 8.83. The zero-order valence-electron chi connectivity index (χ0n) is 14.7. The maximum atomic E-state index is 5.81. The number of anilines is 1. The van der Waals surface area contributed by atoms with Gasteiger partial charge in [0.05, 0.1) is 0 Å². The van der Waals surface area contributed by atoms with Crippen LogP contribution in [-0.2, 0) is 9.47 Å². The molecule has 0 aliphatic rings. The first-order valence-corrected chi connectivity index (χ1v) is 8.53. The molecule has 0 spiro atoms. The Kier molecular flexibility index (Phi) is 8.51. The standard InChI is InChI=1S/C19H33NO2/c1-5-6-7-8-9-10-11-18(19(2,21-3)22-4)16-12-14-17(20)15-13-16/h12-15,18H,5-11,20H2,1-4H3. The van der Waals surface area contributed by atoms with Crippen LogP contribution in [0.3, 0.4) is 0 Å². The lowest BCUT2D eigenvalue weighted by Crippen LogP contribution is -2.37. The van der Waals surface area contributed by atoms with E-state index in [4.69, 9.17) is 15.2 Å². The highest BCUT2D eigenvalue weighted by Crippen LogP contribution is 2.36. The maximum Gasteiger partial charge on any atom is 0.171 e. The van der Waals surface area contributed by atoms with Crippen molar-refractivity contribution in [1.82, 2.24) is 0 Å². The minimum absolute atomic E-state index is 0.217. The number of rotatable bonds is 11. The number of methoxy groups -OCH3 is 2. The third kappa shape index (κ3) is 5.62. The molecule has 1 unspecified atom stereocenters. The summed E-state index contributed by atoms with van der Waals surface area (Å²) in [7, 11) is 3.43. The SMILES string of the molecule is CCCCCCCCC(c1ccc(N)cc1)C(C)(OC)OC. The van der Waals surface area contributed by atoms with Crippen molar-refractivity contribution in [2.45, 2.75) is 70.5 Å². The van der Waals surface area contributed by atoms with Gasteiger partial charge in [-0.25, -0.2) is 0 Å². The predicted octanol–water partition coefficient (Wildman–Crippen LogP) is 5.11. The molecular formula is C19H33NO2. The van der Waals surface area contributed by atoms with Crippen molar-refractivity contribution in [2.24, 2.45) is 0 Å². The van der Waals surface area contributed by atoms with E-state index in [-0.39, 0.29) is 5.92 Å². The number of nitrogen functional groups attached to an aromatic ring is 1. The smallest absolute Gasteiger partial charge is 0.171 e. The fourth-order valence-corrected chi connectivity index (χ4v) is 2.96. The summed E-state index contributed by atoms with van der Waals surface area (Å²) in [5.41, 5.74) is 7.83. The summed E-state index contributed by atoms with van der Waals surface area (Å²) in [6.45, 7) is 4.27. The van der Waals surface area contributed by atoms with E-state index in [2.05, 4.69) is 19.1 Å². The molecule has 0 heterocycles. The van der Waals surface area contributed by atoms with Gasteiger partial charge in [0.15, 0.2) is 5.79 Å². The molecule has 0 saturated heterocycles. The van der Waals surface area contributed by atoms with Gasteiger partial charge in [-0.15, -0.1) is 0 Å². The van der Waals surface area contributed by atoms with Crippen LogP contribution in [0.25, 0.3) is 0 Å². The van der Waals surface area contributed by atoms with Crippen LogP contribution in [0.1, 0.15) is 70.3 Å². The molecule has 0 amide bonds. The Morgan fingerprint density at radius 3 is 2.05 bits per heavy atom. The van der Waals surface area contributed by atoms with Gasteiger partial charge >= 0.3 is 0 Å². The average molecular weight is 307 g/mol. The predicted molar refractivity (Wildman–Crippen MR) is 94.0 cm³/mol. The van der Waals surface area contributed by atoms with Crippen molar-refractivity contribution in [1.29, 1.82) is 0 Å². The molecule has 126 valence electrons. The summed E-state index contributed by atoms with van der Waals surface area (Å²) in [4.78, 5) is 0.